The fourth-order valence-electron chi connectivity index (χ4n) is 2.36. The number of rotatable bonds is 4. The van der Waals surface area contributed by atoms with Crippen LogP contribution in [0.1, 0.15) is 43.9 Å². The third-order valence-corrected chi connectivity index (χ3v) is 3.35. The van der Waals surface area contributed by atoms with Gasteiger partial charge in [-0.25, -0.2) is 4.39 Å². The Bertz CT molecular complexity index is 551. The van der Waals surface area contributed by atoms with Gasteiger partial charge in [0.15, 0.2) is 0 Å². The van der Waals surface area contributed by atoms with Crippen molar-refractivity contribution in [3.05, 3.63) is 59.3 Å². The van der Waals surface area contributed by atoms with Crippen molar-refractivity contribution in [2.45, 2.75) is 40.3 Å². The Hall–Kier alpha value is -1.61. The molecule has 0 aliphatic carbocycles. The Kier molecular flexibility index (Phi) is 4.29. The van der Waals surface area contributed by atoms with Gasteiger partial charge in [-0.2, -0.15) is 0 Å². The summed E-state index contributed by atoms with van der Waals surface area (Å²) < 4.78 is 18.6. The Morgan fingerprint density at radius 2 is 1.75 bits per heavy atom. The average Bonchev–Trinajstić information content (AvgIpc) is 2.76. The molecule has 2 rings (SSSR count). The summed E-state index contributed by atoms with van der Waals surface area (Å²) in [5, 5.41) is 3.51. The van der Waals surface area contributed by atoms with E-state index in [9.17, 15) is 4.39 Å². The molecule has 1 aromatic carbocycles. The second-order valence-corrected chi connectivity index (χ2v) is 6.24. The number of nitrogens with one attached hydrogen (secondary N) is 1. The number of aryl methyl sites for hydroxylation is 1. The first-order valence-electron chi connectivity index (χ1n) is 6.90. The fourth-order valence-corrected chi connectivity index (χ4v) is 2.36. The Morgan fingerprint density at radius 1 is 1.10 bits per heavy atom. The van der Waals surface area contributed by atoms with E-state index in [1.165, 1.54) is 12.1 Å². The van der Waals surface area contributed by atoms with E-state index in [2.05, 4.69) is 26.1 Å². The average molecular weight is 275 g/mol. The van der Waals surface area contributed by atoms with Crippen LogP contribution in [0, 0.1) is 18.2 Å². The zero-order valence-electron chi connectivity index (χ0n) is 12.5. The maximum absolute atomic E-state index is 13.1. The summed E-state index contributed by atoms with van der Waals surface area (Å²) in [6, 6.07) is 10.8. The highest BCUT2D eigenvalue weighted by Crippen LogP contribution is 2.33. The molecule has 1 N–H and O–H groups in total. The lowest BCUT2D eigenvalue weighted by Crippen LogP contribution is -2.31. The van der Waals surface area contributed by atoms with E-state index in [0.29, 0.717) is 6.54 Å². The normalized spacial score (nSPS) is 13.4. The van der Waals surface area contributed by atoms with Crippen LogP contribution in [0.3, 0.4) is 0 Å². The summed E-state index contributed by atoms with van der Waals surface area (Å²) in [6.07, 6.45) is 0. The minimum Gasteiger partial charge on any atom is -0.465 e. The van der Waals surface area contributed by atoms with Gasteiger partial charge in [0.05, 0.1) is 6.54 Å². The van der Waals surface area contributed by atoms with Crippen molar-refractivity contribution >= 4 is 0 Å². The van der Waals surface area contributed by atoms with Crippen LogP contribution >= 0.6 is 0 Å². The van der Waals surface area contributed by atoms with Gasteiger partial charge in [0, 0.05) is 6.04 Å². The van der Waals surface area contributed by atoms with Gasteiger partial charge in [0.25, 0.3) is 0 Å². The molecule has 0 bridgehead atoms. The SMILES string of the molecule is Cc1ccc(CNC(c2ccc(F)cc2)C(C)(C)C)o1. The summed E-state index contributed by atoms with van der Waals surface area (Å²) in [4.78, 5) is 0. The Morgan fingerprint density at radius 3 is 2.25 bits per heavy atom. The molecule has 1 atom stereocenters. The third kappa shape index (κ3) is 3.70. The van der Waals surface area contributed by atoms with E-state index < -0.39 is 0 Å². The molecule has 0 fully saturated rings. The highest BCUT2D eigenvalue weighted by Gasteiger charge is 2.26. The molecule has 0 saturated heterocycles. The molecule has 1 aromatic heterocycles. The van der Waals surface area contributed by atoms with Gasteiger partial charge in [0.1, 0.15) is 17.3 Å². The highest BCUT2D eigenvalue weighted by molar-refractivity contribution is 5.22. The second-order valence-electron chi connectivity index (χ2n) is 6.24. The van der Waals surface area contributed by atoms with E-state index in [1.807, 2.05) is 31.2 Å². The standard InChI is InChI=1S/C17H22FNO/c1-12-5-10-15(20-12)11-19-16(17(2,3)4)13-6-8-14(18)9-7-13/h5-10,16,19H,11H2,1-4H3. The van der Waals surface area contributed by atoms with Gasteiger partial charge in [-0.15, -0.1) is 0 Å². The first-order valence-corrected chi connectivity index (χ1v) is 6.90. The minimum absolute atomic E-state index is 0.0272. The summed E-state index contributed by atoms with van der Waals surface area (Å²) in [5.74, 6) is 1.62. The number of hydrogen-bond donors (Lipinski definition) is 1. The van der Waals surface area contributed by atoms with E-state index >= 15 is 0 Å². The van der Waals surface area contributed by atoms with Crippen molar-refractivity contribution in [3.8, 4) is 0 Å². The molecule has 20 heavy (non-hydrogen) atoms. The van der Waals surface area contributed by atoms with Crippen molar-refractivity contribution in [3.63, 3.8) is 0 Å². The third-order valence-electron chi connectivity index (χ3n) is 3.35. The zero-order valence-corrected chi connectivity index (χ0v) is 12.5. The van der Waals surface area contributed by atoms with Gasteiger partial charge < -0.3 is 9.73 Å². The molecule has 0 aliphatic heterocycles. The van der Waals surface area contributed by atoms with Crippen molar-refractivity contribution < 1.29 is 8.81 Å². The second kappa shape index (κ2) is 5.80. The highest BCUT2D eigenvalue weighted by atomic mass is 19.1. The lowest BCUT2D eigenvalue weighted by atomic mass is 9.82. The van der Waals surface area contributed by atoms with Crippen molar-refractivity contribution in [2.75, 3.05) is 0 Å². The molecule has 1 heterocycles. The van der Waals surface area contributed by atoms with Crippen molar-refractivity contribution in [1.82, 2.24) is 5.32 Å². The minimum atomic E-state index is -0.205. The van der Waals surface area contributed by atoms with Gasteiger partial charge in [-0.3, -0.25) is 0 Å². The predicted octanol–water partition coefficient (Wildman–Crippen LogP) is 4.60. The number of benzene rings is 1. The first kappa shape index (κ1) is 14.8. The van der Waals surface area contributed by atoms with E-state index in [0.717, 1.165) is 17.1 Å². The molecule has 0 amide bonds. The molecule has 3 heteroatoms. The van der Waals surface area contributed by atoms with Crippen LogP contribution in [0.2, 0.25) is 0 Å². The summed E-state index contributed by atoms with van der Waals surface area (Å²) >= 11 is 0. The first-order chi connectivity index (χ1) is 9.36. The lowest BCUT2D eigenvalue weighted by molar-refractivity contribution is 0.263. The molecule has 1 unspecified atom stereocenters. The van der Waals surface area contributed by atoms with Gasteiger partial charge in [-0.05, 0) is 42.2 Å². The largest absolute Gasteiger partial charge is 0.465 e. The molecule has 0 radical (unpaired) electrons. The molecule has 2 nitrogen and oxygen atoms in total. The molecule has 108 valence electrons. The predicted molar refractivity (Wildman–Crippen MR) is 78.9 cm³/mol. The lowest BCUT2D eigenvalue weighted by Gasteiger charge is -2.32. The summed E-state index contributed by atoms with van der Waals surface area (Å²) in [6.45, 7) is 9.10. The van der Waals surface area contributed by atoms with Gasteiger partial charge in [0.2, 0.25) is 0 Å². The van der Waals surface area contributed by atoms with Crippen LogP contribution < -0.4 is 5.32 Å². The topological polar surface area (TPSA) is 25.2 Å². The van der Waals surface area contributed by atoms with Crippen molar-refractivity contribution in [1.29, 1.82) is 0 Å². The Labute approximate surface area is 120 Å². The van der Waals surface area contributed by atoms with E-state index in [-0.39, 0.29) is 17.3 Å². The molecular formula is C17H22FNO. The monoisotopic (exact) mass is 275 g/mol. The maximum atomic E-state index is 13.1. The quantitative estimate of drug-likeness (QED) is 0.882. The maximum Gasteiger partial charge on any atom is 0.123 e. The number of halogens is 1. The van der Waals surface area contributed by atoms with Crippen LogP contribution in [0.5, 0.6) is 0 Å². The van der Waals surface area contributed by atoms with Gasteiger partial charge in [-0.1, -0.05) is 32.9 Å². The van der Waals surface area contributed by atoms with Crippen LogP contribution in [0.25, 0.3) is 0 Å². The van der Waals surface area contributed by atoms with Crippen LogP contribution in [-0.2, 0) is 6.54 Å². The van der Waals surface area contributed by atoms with Crippen LogP contribution in [0.4, 0.5) is 4.39 Å². The van der Waals surface area contributed by atoms with E-state index in [4.69, 9.17) is 4.42 Å². The fraction of sp³-hybridized carbons (Fsp3) is 0.412. The summed E-state index contributed by atoms with van der Waals surface area (Å²) in [7, 11) is 0. The smallest absolute Gasteiger partial charge is 0.123 e. The number of hydrogen-bond acceptors (Lipinski definition) is 2. The molecule has 0 aliphatic rings. The zero-order chi connectivity index (χ0) is 14.8. The number of furan rings is 1. The van der Waals surface area contributed by atoms with Gasteiger partial charge >= 0.3 is 0 Å². The summed E-state index contributed by atoms with van der Waals surface area (Å²) in [5.41, 5.74) is 1.11. The molecule has 0 spiro atoms. The van der Waals surface area contributed by atoms with Crippen molar-refractivity contribution in [2.24, 2.45) is 5.41 Å². The molecular weight excluding hydrogens is 253 g/mol. The van der Waals surface area contributed by atoms with E-state index in [1.54, 1.807) is 0 Å². The van der Waals surface area contributed by atoms with Crippen LogP contribution in [-0.4, -0.2) is 0 Å². The Balaban J connectivity index is 2.14. The molecule has 2 aromatic rings. The molecule has 0 saturated carbocycles. The van der Waals surface area contributed by atoms with Crippen LogP contribution in [0.15, 0.2) is 40.8 Å².